The maximum Gasteiger partial charge on any atom is 0.252 e. The van der Waals surface area contributed by atoms with Crippen LogP contribution >= 0.6 is 0 Å². The van der Waals surface area contributed by atoms with Gasteiger partial charge in [0.25, 0.3) is 5.91 Å². The van der Waals surface area contributed by atoms with Crippen LogP contribution in [0.5, 0.6) is 5.75 Å². The first-order chi connectivity index (χ1) is 13.2. The summed E-state index contributed by atoms with van der Waals surface area (Å²) in [5.74, 6) is 0.0603. The summed E-state index contributed by atoms with van der Waals surface area (Å²) in [4.78, 5) is 28.4. The van der Waals surface area contributed by atoms with Crippen molar-refractivity contribution in [2.75, 3.05) is 12.4 Å². The van der Waals surface area contributed by atoms with Crippen molar-refractivity contribution in [2.24, 2.45) is 10.1 Å². The molecule has 2 aromatic carbocycles. The third kappa shape index (κ3) is 4.91. The van der Waals surface area contributed by atoms with Crippen molar-refractivity contribution in [3.63, 3.8) is 0 Å². The molecule has 3 N–H and O–H groups in total. The molecule has 0 aliphatic carbocycles. The van der Waals surface area contributed by atoms with Crippen molar-refractivity contribution in [3.8, 4) is 5.75 Å². The predicted molar refractivity (Wildman–Crippen MR) is 103 cm³/mol. The summed E-state index contributed by atoms with van der Waals surface area (Å²) in [6.07, 6.45) is 1.52. The number of carbonyl (C=O) groups excluding carboxylic acids is 2. The maximum absolute atomic E-state index is 12.2. The number of carbonyl (C=O) groups is 2. The minimum atomic E-state index is -0.811. The van der Waals surface area contributed by atoms with Gasteiger partial charge in [0.1, 0.15) is 11.8 Å². The lowest BCUT2D eigenvalue weighted by molar-refractivity contribution is -0.123. The second-order valence-corrected chi connectivity index (χ2v) is 5.72. The van der Waals surface area contributed by atoms with E-state index < -0.39 is 6.04 Å². The molecule has 0 saturated heterocycles. The van der Waals surface area contributed by atoms with Gasteiger partial charge in [-0.25, -0.2) is 10.4 Å². The van der Waals surface area contributed by atoms with Gasteiger partial charge in [-0.1, -0.05) is 42.5 Å². The number of ether oxygens (including phenoxy) is 1. The van der Waals surface area contributed by atoms with Crippen LogP contribution in [0.15, 0.2) is 64.7 Å². The van der Waals surface area contributed by atoms with E-state index in [9.17, 15) is 9.59 Å². The molecule has 1 aliphatic heterocycles. The van der Waals surface area contributed by atoms with E-state index in [0.717, 1.165) is 5.56 Å². The molecule has 8 heteroatoms. The zero-order valence-corrected chi connectivity index (χ0v) is 14.7. The van der Waals surface area contributed by atoms with Crippen molar-refractivity contribution in [1.29, 1.82) is 0 Å². The molecule has 1 heterocycles. The maximum atomic E-state index is 12.2. The van der Waals surface area contributed by atoms with Gasteiger partial charge in [0.05, 0.1) is 25.4 Å². The van der Waals surface area contributed by atoms with Crippen LogP contribution in [0.1, 0.15) is 12.0 Å². The van der Waals surface area contributed by atoms with Crippen molar-refractivity contribution < 1.29 is 14.3 Å². The molecule has 3 rings (SSSR count). The summed E-state index contributed by atoms with van der Waals surface area (Å²) in [5.41, 5.74) is 4.11. The molecule has 27 heavy (non-hydrogen) atoms. The standard InChI is InChI=1S/C19H19N5O3/c1-27-16-10-6-5-9-14(16)21-17(25)11-15-18(26)23-19(22-15)24-20-12-13-7-3-2-4-8-13/h2-10,12,15H,11H2,1H3,(H,21,25)(H2,22,23,24,26)/b20-12+. The van der Waals surface area contributed by atoms with E-state index in [0.29, 0.717) is 11.4 Å². The first-order valence-electron chi connectivity index (χ1n) is 8.31. The number of methoxy groups -OCH3 is 1. The highest BCUT2D eigenvalue weighted by Crippen LogP contribution is 2.23. The van der Waals surface area contributed by atoms with E-state index in [1.807, 2.05) is 30.3 Å². The van der Waals surface area contributed by atoms with Crippen LogP contribution in [0.4, 0.5) is 5.69 Å². The summed E-state index contributed by atoms with van der Waals surface area (Å²) in [5, 5.41) is 9.31. The Morgan fingerprint density at radius 3 is 2.74 bits per heavy atom. The molecule has 0 saturated carbocycles. The Labute approximate surface area is 156 Å². The molecule has 2 aromatic rings. The lowest BCUT2D eigenvalue weighted by atomic mass is 10.2. The number of aliphatic imine (C=N–C) groups is 1. The average Bonchev–Trinajstić information content (AvgIpc) is 3.02. The van der Waals surface area contributed by atoms with Gasteiger partial charge in [-0.05, 0) is 17.7 Å². The molecule has 138 valence electrons. The van der Waals surface area contributed by atoms with E-state index in [1.165, 1.54) is 7.11 Å². The summed E-state index contributed by atoms with van der Waals surface area (Å²) in [7, 11) is 1.52. The van der Waals surface area contributed by atoms with Crippen molar-refractivity contribution >= 4 is 29.7 Å². The van der Waals surface area contributed by atoms with Gasteiger partial charge in [0.2, 0.25) is 11.9 Å². The molecular formula is C19H19N5O3. The first kappa shape index (κ1) is 18.1. The molecular weight excluding hydrogens is 346 g/mol. The Balaban J connectivity index is 1.56. The van der Waals surface area contributed by atoms with Gasteiger partial charge in [0.15, 0.2) is 0 Å². The van der Waals surface area contributed by atoms with E-state index in [4.69, 9.17) is 4.74 Å². The van der Waals surface area contributed by atoms with Crippen LogP contribution in [-0.4, -0.2) is 37.1 Å². The monoisotopic (exact) mass is 365 g/mol. The van der Waals surface area contributed by atoms with Crippen LogP contribution in [0.3, 0.4) is 0 Å². The van der Waals surface area contributed by atoms with Crippen LogP contribution < -0.4 is 20.8 Å². The molecule has 0 bridgehead atoms. The number of amides is 2. The summed E-state index contributed by atoms with van der Waals surface area (Å²) in [6, 6.07) is 15.7. The molecule has 0 spiro atoms. The predicted octanol–water partition coefficient (Wildman–Crippen LogP) is 1.50. The highest BCUT2D eigenvalue weighted by Gasteiger charge is 2.28. The number of hydrogen-bond acceptors (Lipinski definition) is 6. The van der Waals surface area contributed by atoms with Crippen LogP contribution in [0.2, 0.25) is 0 Å². The lowest BCUT2D eigenvalue weighted by Gasteiger charge is -2.10. The quantitative estimate of drug-likeness (QED) is 0.533. The summed E-state index contributed by atoms with van der Waals surface area (Å²) < 4.78 is 5.19. The highest BCUT2D eigenvalue weighted by molar-refractivity contribution is 6.07. The summed E-state index contributed by atoms with van der Waals surface area (Å²) in [6.45, 7) is 0. The SMILES string of the molecule is COc1ccccc1NC(=O)CC1N=C(N/N=C/c2ccccc2)NC1=O. The van der Waals surface area contributed by atoms with Gasteiger partial charge in [-0.3, -0.25) is 14.9 Å². The van der Waals surface area contributed by atoms with Crippen LogP contribution in [0, 0.1) is 0 Å². The zero-order chi connectivity index (χ0) is 19.1. The number of hydrogen-bond donors (Lipinski definition) is 3. The highest BCUT2D eigenvalue weighted by atomic mass is 16.5. The fourth-order valence-corrected chi connectivity index (χ4v) is 2.47. The Morgan fingerprint density at radius 2 is 1.96 bits per heavy atom. The number of hydrazone groups is 1. The van der Waals surface area contributed by atoms with Gasteiger partial charge in [-0.2, -0.15) is 5.10 Å². The normalized spacial score (nSPS) is 16.0. The first-order valence-corrected chi connectivity index (χ1v) is 8.31. The lowest BCUT2D eigenvalue weighted by Crippen LogP contribution is -2.35. The smallest absolute Gasteiger partial charge is 0.252 e. The third-order valence-corrected chi connectivity index (χ3v) is 3.77. The molecule has 1 aliphatic rings. The largest absolute Gasteiger partial charge is 0.495 e. The fourth-order valence-electron chi connectivity index (χ4n) is 2.47. The minimum Gasteiger partial charge on any atom is -0.495 e. The van der Waals surface area contributed by atoms with Crippen LogP contribution in [0.25, 0.3) is 0 Å². The number of benzene rings is 2. The van der Waals surface area contributed by atoms with Gasteiger partial charge >= 0.3 is 0 Å². The molecule has 1 atom stereocenters. The van der Waals surface area contributed by atoms with Gasteiger partial charge in [-0.15, -0.1) is 0 Å². The Kier molecular flexibility index (Phi) is 5.78. The summed E-state index contributed by atoms with van der Waals surface area (Å²) >= 11 is 0. The fraction of sp³-hybridized carbons (Fsp3) is 0.158. The second-order valence-electron chi connectivity index (χ2n) is 5.72. The van der Waals surface area contributed by atoms with Gasteiger partial charge < -0.3 is 10.1 Å². The van der Waals surface area contributed by atoms with E-state index in [1.54, 1.807) is 30.5 Å². The van der Waals surface area contributed by atoms with Crippen molar-refractivity contribution in [2.45, 2.75) is 12.5 Å². The Bertz CT molecular complexity index is 880. The number of rotatable bonds is 6. The van der Waals surface area contributed by atoms with Crippen molar-refractivity contribution in [1.82, 2.24) is 10.7 Å². The molecule has 0 radical (unpaired) electrons. The molecule has 0 fully saturated rings. The second kappa shape index (κ2) is 8.61. The molecule has 8 nitrogen and oxygen atoms in total. The van der Waals surface area contributed by atoms with Crippen LogP contribution in [-0.2, 0) is 9.59 Å². The van der Waals surface area contributed by atoms with E-state index in [2.05, 4.69) is 26.2 Å². The number of nitrogens with one attached hydrogen (secondary N) is 3. The molecule has 2 amide bonds. The molecule has 1 unspecified atom stereocenters. The third-order valence-electron chi connectivity index (χ3n) is 3.77. The molecule has 0 aromatic heterocycles. The number of anilines is 1. The average molecular weight is 365 g/mol. The zero-order valence-electron chi connectivity index (χ0n) is 14.7. The van der Waals surface area contributed by atoms with Gasteiger partial charge in [0, 0.05) is 0 Å². The number of guanidine groups is 1. The number of para-hydroxylation sites is 2. The Hall–Kier alpha value is -3.68. The van der Waals surface area contributed by atoms with Crippen molar-refractivity contribution in [3.05, 3.63) is 60.2 Å². The minimum absolute atomic E-state index is 0.0859. The Morgan fingerprint density at radius 1 is 1.22 bits per heavy atom. The van der Waals surface area contributed by atoms with E-state index >= 15 is 0 Å². The van der Waals surface area contributed by atoms with E-state index in [-0.39, 0.29) is 24.2 Å². The topological polar surface area (TPSA) is 104 Å². The number of nitrogens with zero attached hydrogens (tertiary/aromatic N) is 2.